The first-order chi connectivity index (χ1) is 12.6. The number of aromatic nitrogens is 1. The Hall–Kier alpha value is -3.34. The Labute approximate surface area is 150 Å². The molecule has 1 aliphatic heterocycles. The topological polar surface area (TPSA) is 57.5 Å². The zero-order valence-electron chi connectivity index (χ0n) is 14.5. The number of esters is 1. The van der Waals surface area contributed by atoms with Gasteiger partial charge in [-0.3, -0.25) is 9.59 Å². The lowest BCUT2D eigenvalue weighted by Crippen LogP contribution is -2.01. The first-order valence-electron chi connectivity index (χ1n) is 8.41. The van der Waals surface area contributed by atoms with Crippen LogP contribution in [0.2, 0.25) is 0 Å². The molecule has 0 amide bonds. The van der Waals surface area contributed by atoms with Crippen LogP contribution in [0.1, 0.15) is 29.8 Å². The summed E-state index contributed by atoms with van der Waals surface area (Å²) in [6.45, 7) is 4.24. The van der Waals surface area contributed by atoms with Crippen LogP contribution in [-0.2, 0) is 11.3 Å². The van der Waals surface area contributed by atoms with E-state index in [1.54, 1.807) is 24.3 Å². The summed E-state index contributed by atoms with van der Waals surface area (Å²) in [5.74, 6) is 0.422. The first-order valence-corrected chi connectivity index (χ1v) is 8.41. The monoisotopic (exact) mass is 347 g/mol. The van der Waals surface area contributed by atoms with Crippen molar-refractivity contribution in [3.05, 3.63) is 65.5 Å². The summed E-state index contributed by atoms with van der Waals surface area (Å²) in [4.78, 5) is 23.7. The van der Waals surface area contributed by atoms with Crippen LogP contribution in [0, 0.1) is 0 Å². The average molecular weight is 347 g/mol. The summed E-state index contributed by atoms with van der Waals surface area (Å²) in [7, 11) is 0. The number of hydrogen-bond acceptors (Lipinski definition) is 4. The largest absolute Gasteiger partial charge is 0.452 e. The molecule has 0 atom stereocenters. The Bertz CT molecular complexity index is 1070. The fraction of sp³-hybridized carbons (Fsp3) is 0.143. The fourth-order valence-electron chi connectivity index (χ4n) is 3.19. The minimum atomic E-state index is -0.419. The van der Waals surface area contributed by atoms with Crippen molar-refractivity contribution in [2.24, 2.45) is 0 Å². The molecular weight excluding hydrogens is 330 g/mol. The quantitative estimate of drug-likeness (QED) is 0.405. The second-order valence-electron chi connectivity index (χ2n) is 6.08. The van der Waals surface area contributed by atoms with Crippen LogP contribution in [0.4, 0.5) is 0 Å². The summed E-state index contributed by atoms with van der Waals surface area (Å²) in [6, 6.07) is 12.8. The minimum Gasteiger partial charge on any atom is -0.452 e. The predicted molar refractivity (Wildman–Crippen MR) is 98.3 cm³/mol. The van der Waals surface area contributed by atoms with Gasteiger partial charge in [0.15, 0.2) is 5.76 Å². The van der Waals surface area contributed by atoms with Crippen molar-refractivity contribution in [2.45, 2.75) is 20.4 Å². The number of Topliss-reactive ketones (excluding diaryl/α,β-unsaturated/α-hetero) is 1. The summed E-state index contributed by atoms with van der Waals surface area (Å²) in [5, 5.41) is 1.06. The van der Waals surface area contributed by atoms with Gasteiger partial charge in [0.05, 0.1) is 5.56 Å². The molecule has 130 valence electrons. The van der Waals surface area contributed by atoms with Gasteiger partial charge < -0.3 is 14.0 Å². The van der Waals surface area contributed by atoms with Crippen LogP contribution in [0.15, 0.2) is 54.4 Å². The Morgan fingerprint density at radius 2 is 2.04 bits per heavy atom. The van der Waals surface area contributed by atoms with Gasteiger partial charge in [-0.05, 0) is 31.2 Å². The van der Waals surface area contributed by atoms with Gasteiger partial charge in [0.25, 0.3) is 0 Å². The Balaban J connectivity index is 1.73. The molecule has 0 saturated carbocycles. The lowest BCUT2D eigenvalue weighted by atomic mass is 10.1. The van der Waals surface area contributed by atoms with Crippen molar-refractivity contribution in [1.29, 1.82) is 0 Å². The van der Waals surface area contributed by atoms with Crippen LogP contribution in [0.5, 0.6) is 11.5 Å². The number of rotatable bonds is 3. The molecule has 0 bridgehead atoms. The van der Waals surface area contributed by atoms with Gasteiger partial charge in [0.2, 0.25) is 5.78 Å². The lowest BCUT2D eigenvalue weighted by Gasteiger charge is -2.02. The second kappa shape index (κ2) is 6.19. The van der Waals surface area contributed by atoms with Crippen molar-refractivity contribution < 1.29 is 19.1 Å². The second-order valence-corrected chi connectivity index (χ2v) is 6.08. The Kier molecular flexibility index (Phi) is 3.84. The van der Waals surface area contributed by atoms with Crippen LogP contribution in [-0.4, -0.2) is 16.3 Å². The van der Waals surface area contributed by atoms with Gasteiger partial charge in [-0.15, -0.1) is 0 Å². The normalized spacial score (nSPS) is 14.5. The van der Waals surface area contributed by atoms with Gasteiger partial charge in [0.1, 0.15) is 11.5 Å². The molecule has 1 aromatic heterocycles. The number of carbonyl (C=O) groups excluding carboxylic acids is 2. The summed E-state index contributed by atoms with van der Waals surface area (Å²) >= 11 is 0. The maximum atomic E-state index is 12.6. The molecule has 0 saturated heterocycles. The van der Waals surface area contributed by atoms with Crippen LogP contribution < -0.4 is 9.47 Å². The molecule has 5 nitrogen and oxygen atoms in total. The highest BCUT2D eigenvalue weighted by molar-refractivity contribution is 6.15. The highest BCUT2D eigenvalue weighted by Crippen LogP contribution is 2.35. The molecule has 0 N–H and O–H groups in total. The number of fused-ring (bicyclic) bond motifs is 2. The molecule has 1 aliphatic rings. The van der Waals surface area contributed by atoms with Crippen molar-refractivity contribution in [3.8, 4) is 11.5 Å². The number of ether oxygens (including phenoxy) is 2. The molecule has 4 rings (SSSR count). The van der Waals surface area contributed by atoms with Gasteiger partial charge in [-0.2, -0.15) is 0 Å². The summed E-state index contributed by atoms with van der Waals surface area (Å²) < 4.78 is 12.9. The number of ketones is 1. The van der Waals surface area contributed by atoms with Gasteiger partial charge in [-0.1, -0.05) is 18.2 Å². The van der Waals surface area contributed by atoms with Crippen LogP contribution >= 0.6 is 0 Å². The van der Waals surface area contributed by atoms with E-state index in [1.807, 2.05) is 24.4 Å². The van der Waals surface area contributed by atoms with E-state index in [0.29, 0.717) is 17.1 Å². The maximum absolute atomic E-state index is 12.6. The number of allylic oxidation sites excluding steroid dienone is 1. The fourth-order valence-corrected chi connectivity index (χ4v) is 3.19. The number of carbonyl (C=O) groups is 2. The molecule has 0 unspecified atom stereocenters. The third-order valence-electron chi connectivity index (χ3n) is 4.35. The maximum Gasteiger partial charge on any atom is 0.308 e. The van der Waals surface area contributed by atoms with Gasteiger partial charge >= 0.3 is 5.97 Å². The summed E-state index contributed by atoms with van der Waals surface area (Å²) in [5.41, 5.74) is 2.51. The number of nitrogens with zero attached hydrogens (tertiary/aromatic N) is 1. The smallest absolute Gasteiger partial charge is 0.308 e. The molecular formula is C21H17NO4. The Morgan fingerprint density at radius 3 is 2.81 bits per heavy atom. The zero-order chi connectivity index (χ0) is 18.3. The number of aryl methyl sites for hydroxylation is 1. The highest BCUT2D eigenvalue weighted by Gasteiger charge is 2.28. The van der Waals surface area contributed by atoms with E-state index >= 15 is 0 Å². The Morgan fingerprint density at radius 1 is 1.23 bits per heavy atom. The van der Waals surface area contributed by atoms with E-state index in [1.165, 1.54) is 6.92 Å². The molecule has 3 aromatic rings. The molecule has 0 radical (unpaired) electrons. The van der Waals surface area contributed by atoms with E-state index in [4.69, 9.17) is 9.47 Å². The van der Waals surface area contributed by atoms with E-state index in [9.17, 15) is 9.59 Å². The molecule has 0 spiro atoms. The molecule has 0 fully saturated rings. The van der Waals surface area contributed by atoms with E-state index in [0.717, 1.165) is 23.0 Å². The molecule has 5 heteroatoms. The lowest BCUT2D eigenvalue weighted by molar-refractivity contribution is -0.131. The van der Waals surface area contributed by atoms with E-state index < -0.39 is 5.97 Å². The standard InChI is InChI=1S/C21H17NO4/c1-3-22-12-14(16-6-4-5-7-18(16)22)10-20-21(24)17-9-8-15(25-13(2)23)11-19(17)26-20/h4-12H,3H2,1-2H3/b20-10+. The number of benzene rings is 2. The molecule has 26 heavy (non-hydrogen) atoms. The molecule has 2 aromatic carbocycles. The van der Waals surface area contributed by atoms with Crippen LogP contribution in [0.25, 0.3) is 17.0 Å². The van der Waals surface area contributed by atoms with Gasteiger partial charge in [-0.25, -0.2) is 0 Å². The van der Waals surface area contributed by atoms with Crippen molar-refractivity contribution in [1.82, 2.24) is 4.57 Å². The number of para-hydroxylation sites is 1. The SMILES string of the molecule is CCn1cc(/C=C2/Oc3cc(OC(C)=O)ccc3C2=O)c2ccccc21. The molecule has 0 aliphatic carbocycles. The predicted octanol–water partition coefficient (Wildman–Crippen LogP) is 4.20. The number of hydrogen-bond donors (Lipinski definition) is 0. The first kappa shape index (κ1) is 16.1. The van der Waals surface area contributed by atoms with Gasteiger partial charge in [0, 0.05) is 42.2 Å². The van der Waals surface area contributed by atoms with Crippen molar-refractivity contribution >= 4 is 28.7 Å². The third kappa shape index (κ3) is 2.67. The summed E-state index contributed by atoms with van der Waals surface area (Å²) in [6.07, 6.45) is 3.78. The van der Waals surface area contributed by atoms with Crippen LogP contribution in [0.3, 0.4) is 0 Å². The van der Waals surface area contributed by atoms with Crippen molar-refractivity contribution in [3.63, 3.8) is 0 Å². The average Bonchev–Trinajstić information content (AvgIpc) is 3.13. The third-order valence-corrected chi connectivity index (χ3v) is 4.35. The van der Waals surface area contributed by atoms with E-state index in [-0.39, 0.29) is 11.5 Å². The van der Waals surface area contributed by atoms with Crippen molar-refractivity contribution in [2.75, 3.05) is 0 Å². The minimum absolute atomic E-state index is 0.178. The zero-order valence-corrected chi connectivity index (χ0v) is 14.5. The van der Waals surface area contributed by atoms with E-state index in [2.05, 4.69) is 17.6 Å². The highest BCUT2D eigenvalue weighted by atomic mass is 16.5. The molecule has 2 heterocycles.